The van der Waals surface area contributed by atoms with Crippen molar-refractivity contribution in [3.05, 3.63) is 175 Å². The molecule has 0 nitrogen and oxygen atoms in total. The van der Waals surface area contributed by atoms with Crippen molar-refractivity contribution in [3.63, 3.8) is 0 Å². The summed E-state index contributed by atoms with van der Waals surface area (Å²) >= 11 is 1.93. The van der Waals surface area contributed by atoms with E-state index in [-0.39, 0.29) is 0 Å². The molecule has 1 heteroatoms. The minimum Gasteiger partial charge on any atom is -0.135 e. The maximum Gasteiger partial charge on any atom is 0.0361 e. The number of allylic oxidation sites excluding steroid dienone is 2. The Morgan fingerprint density at radius 2 is 1.10 bits per heavy atom. The first-order chi connectivity index (χ1) is 28.6. The number of fused-ring (bicyclic) bond motifs is 6. The van der Waals surface area contributed by atoms with Gasteiger partial charge < -0.3 is 0 Å². The minimum atomic E-state index is 0.674. The van der Waals surface area contributed by atoms with Gasteiger partial charge in [0.1, 0.15) is 0 Å². The van der Waals surface area contributed by atoms with Gasteiger partial charge >= 0.3 is 0 Å². The van der Waals surface area contributed by atoms with Crippen molar-refractivity contribution in [1.29, 1.82) is 0 Å². The van der Waals surface area contributed by atoms with Gasteiger partial charge in [-0.1, -0.05) is 152 Å². The third-order valence-electron chi connectivity index (χ3n) is 14.6. The summed E-state index contributed by atoms with van der Waals surface area (Å²) in [6.07, 6.45) is 13.5. The van der Waals surface area contributed by atoms with E-state index < -0.39 is 0 Å². The van der Waals surface area contributed by atoms with Crippen molar-refractivity contribution in [3.8, 4) is 33.4 Å². The Kier molecular flexibility index (Phi) is 7.92. The lowest BCUT2D eigenvalue weighted by Crippen LogP contribution is -2.43. The summed E-state index contributed by atoms with van der Waals surface area (Å²) < 4.78 is 2.66. The third-order valence-corrected chi connectivity index (χ3v) is 15.7. The predicted octanol–water partition coefficient (Wildman–Crippen LogP) is 16.6. The van der Waals surface area contributed by atoms with E-state index in [2.05, 4.69) is 165 Å². The maximum absolute atomic E-state index is 4.06. The normalized spacial score (nSPS) is 21.4. The zero-order chi connectivity index (χ0) is 38.5. The average Bonchev–Trinajstić information content (AvgIpc) is 3.63. The fourth-order valence-corrected chi connectivity index (χ4v) is 13.8. The van der Waals surface area contributed by atoms with Crippen LogP contribution in [0.15, 0.2) is 158 Å². The highest BCUT2D eigenvalue weighted by Crippen LogP contribution is 2.62. The van der Waals surface area contributed by atoms with Gasteiger partial charge in [-0.15, -0.1) is 11.3 Å². The molecule has 13 rings (SSSR count). The molecule has 4 fully saturated rings. The molecule has 4 bridgehead atoms. The monoisotopic (exact) mass is 762 g/mol. The Bertz CT molecular complexity index is 3070. The van der Waals surface area contributed by atoms with Gasteiger partial charge in [-0.2, -0.15) is 0 Å². The molecule has 1 aromatic heterocycles. The molecule has 0 aliphatic heterocycles. The second-order valence-electron chi connectivity index (χ2n) is 17.6. The van der Waals surface area contributed by atoms with Crippen molar-refractivity contribution in [1.82, 2.24) is 0 Å². The van der Waals surface area contributed by atoms with Crippen LogP contribution in [-0.2, 0) is 0 Å². The van der Waals surface area contributed by atoms with E-state index in [9.17, 15) is 0 Å². The van der Waals surface area contributed by atoms with Crippen LogP contribution in [0.5, 0.6) is 0 Å². The molecule has 0 N–H and O–H groups in total. The zero-order valence-corrected chi connectivity index (χ0v) is 33.9. The van der Waals surface area contributed by atoms with Crippen LogP contribution in [0.3, 0.4) is 0 Å². The highest BCUT2D eigenvalue weighted by atomic mass is 32.1. The van der Waals surface area contributed by atoms with Gasteiger partial charge in [0.05, 0.1) is 0 Å². The highest BCUT2D eigenvalue weighted by molar-refractivity contribution is 7.26. The van der Waals surface area contributed by atoms with Gasteiger partial charge in [0.15, 0.2) is 0 Å². The summed E-state index contributed by atoms with van der Waals surface area (Å²) in [7, 11) is 0. The van der Waals surface area contributed by atoms with Gasteiger partial charge in [0.2, 0.25) is 0 Å². The molecule has 4 saturated carbocycles. The molecule has 0 saturated heterocycles. The van der Waals surface area contributed by atoms with Crippen molar-refractivity contribution >= 4 is 69.9 Å². The second kappa shape index (κ2) is 13.4. The molecular formula is C57H46S. The molecule has 0 amide bonds. The largest absolute Gasteiger partial charge is 0.135 e. The number of hydrogen-bond acceptors (Lipinski definition) is 1. The van der Waals surface area contributed by atoms with E-state index in [1.54, 1.807) is 5.56 Å². The average molecular weight is 763 g/mol. The Morgan fingerprint density at radius 3 is 1.74 bits per heavy atom. The summed E-state index contributed by atoms with van der Waals surface area (Å²) in [6.45, 7) is 6.36. The van der Waals surface area contributed by atoms with Gasteiger partial charge in [-0.05, 0) is 163 Å². The van der Waals surface area contributed by atoms with Crippen LogP contribution >= 0.6 is 11.3 Å². The molecule has 0 radical (unpaired) electrons. The molecule has 0 unspecified atom stereocenters. The fourth-order valence-electron chi connectivity index (χ4n) is 12.6. The van der Waals surface area contributed by atoms with Gasteiger partial charge in [0.25, 0.3) is 0 Å². The molecule has 4 aliphatic rings. The lowest BCUT2D eigenvalue weighted by atomic mass is 9.50. The third kappa shape index (κ3) is 5.12. The SMILES string of the molecule is C=C/C=C\c1c(C)c(-c2ccccc2)c2ccccc2c1-c1cccc2sc3cc(-c4c5ccccc5c(C5C6CC7CC(C6)CC5C7)c5ccccc45)ccc3c12. The molecule has 58 heavy (non-hydrogen) atoms. The first-order valence-electron chi connectivity index (χ1n) is 21.4. The van der Waals surface area contributed by atoms with Crippen LogP contribution in [0.1, 0.15) is 54.7 Å². The first-order valence-corrected chi connectivity index (χ1v) is 22.3. The molecule has 8 aromatic carbocycles. The minimum absolute atomic E-state index is 0.674. The molecular weight excluding hydrogens is 717 g/mol. The fraction of sp³-hybridized carbons (Fsp3) is 0.193. The van der Waals surface area contributed by atoms with E-state index in [0.717, 1.165) is 23.7 Å². The van der Waals surface area contributed by atoms with E-state index >= 15 is 0 Å². The van der Waals surface area contributed by atoms with Crippen LogP contribution in [-0.4, -0.2) is 0 Å². The Hall–Kier alpha value is -5.76. The summed E-state index contributed by atoms with van der Waals surface area (Å²) in [6, 6.07) is 53.0. The van der Waals surface area contributed by atoms with Crippen LogP contribution in [0, 0.1) is 30.6 Å². The number of thiophene rings is 1. The van der Waals surface area contributed by atoms with E-state index in [1.807, 2.05) is 17.4 Å². The molecule has 9 aromatic rings. The van der Waals surface area contributed by atoms with Crippen molar-refractivity contribution in [2.75, 3.05) is 0 Å². The molecule has 1 heterocycles. The summed E-state index contributed by atoms with van der Waals surface area (Å²) in [4.78, 5) is 0. The number of hydrogen-bond donors (Lipinski definition) is 0. The van der Waals surface area contributed by atoms with E-state index in [4.69, 9.17) is 0 Å². The molecule has 280 valence electrons. The van der Waals surface area contributed by atoms with Crippen LogP contribution in [0.25, 0.3) is 91.9 Å². The molecule has 0 atom stereocenters. The standard InChI is InChI=1S/C57H46S/c1-3-4-17-41-34(2)52(37-15-6-5-7-16-37)42-18-8-11-21-45(42)55(41)49-24-14-25-50-56(49)48-27-26-38(33-51(48)58-50)54-43-19-9-12-22-46(43)57(47-23-13-10-20-44(47)54)53-39-29-35-28-36(31-39)32-40(53)30-35/h3-27,33,35-36,39-40,53H,1,28-32H2,2H3/b17-4-. The van der Waals surface area contributed by atoms with Gasteiger partial charge in [-0.25, -0.2) is 0 Å². The van der Waals surface area contributed by atoms with Gasteiger partial charge in [0, 0.05) is 20.2 Å². The second-order valence-corrected chi connectivity index (χ2v) is 18.7. The van der Waals surface area contributed by atoms with Crippen LogP contribution in [0.4, 0.5) is 0 Å². The smallest absolute Gasteiger partial charge is 0.0361 e. The summed E-state index contributed by atoms with van der Waals surface area (Å²) in [5.41, 5.74) is 12.0. The van der Waals surface area contributed by atoms with Crippen LogP contribution < -0.4 is 0 Å². The summed E-state index contributed by atoms with van der Waals surface area (Å²) in [5.74, 6) is 4.28. The Morgan fingerprint density at radius 1 is 0.517 bits per heavy atom. The predicted molar refractivity (Wildman–Crippen MR) is 252 cm³/mol. The van der Waals surface area contributed by atoms with E-state index in [1.165, 1.54) is 129 Å². The number of benzene rings is 8. The maximum atomic E-state index is 4.06. The highest BCUT2D eigenvalue weighted by Gasteiger charge is 2.49. The van der Waals surface area contributed by atoms with Gasteiger partial charge in [-0.3, -0.25) is 0 Å². The topological polar surface area (TPSA) is 0 Å². The zero-order valence-electron chi connectivity index (χ0n) is 33.0. The quantitative estimate of drug-likeness (QED) is 0.117. The van der Waals surface area contributed by atoms with Crippen LogP contribution in [0.2, 0.25) is 0 Å². The number of rotatable bonds is 6. The summed E-state index contributed by atoms with van der Waals surface area (Å²) in [5, 5.41) is 11.0. The Balaban J connectivity index is 1.08. The van der Waals surface area contributed by atoms with Crippen molar-refractivity contribution in [2.45, 2.75) is 44.9 Å². The molecule has 0 spiro atoms. The molecule has 4 aliphatic carbocycles. The first kappa shape index (κ1) is 34.3. The van der Waals surface area contributed by atoms with Crippen molar-refractivity contribution in [2.24, 2.45) is 23.7 Å². The lowest BCUT2D eigenvalue weighted by Gasteiger charge is -2.55. The van der Waals surface area contributed by atoms with E-state index in [0.29, 0.717) is 5.92 Å². The lowest BCUT2D eigenvalue weighted by molar-refractivity contribution is -0.00185. The van der Waals surface area contributed by atoms with Crippen molar-refractivity contribution < 1.29 is 0 Å². The Labute approximate surface area is 345 Å².